The maximum atomic E-state index is 9.58. The smallest absolute Gasteiger partial charge is 0.120 e. The third-order valence-corrected chi connectivity index (χ3v) is 1.85. The monoisotopic (exact) mass is 206 g/mol. The van der Waals surface area contributed by atoms with Crippen LogP contribution in [0.1, 0.15) is 32.4 Å². The van der Waals surface area contributed by atoms with Gasteiger partial charge >= 0.3 is 0 Å². The lowest BCUT2D eigenvalue weighted by Gasteiger charge is -2.21. The van der Waals surface area contributed by atoms with E-state index < -0.39 is 6.10 Å². The minimum absolute atomic E-state index is 0.224. The molecule has 0 heterocycles. The van der Waals surface area contributed by atoms with Crippen molar-refractivity contribution in [3.05, 3.63) is 42.5 Å². The van der Waals surface area contributed by atoms with E-state index in [2.05, 4.69) is 6.58 Å². The van der Waals surface area contributed by atoms with E-state index in [-0.39, 0.29) is 5.60 Å². The van der Waals surface area contributed by atoms with Crippen LogP contribution in [0.5, 0.6) is 5.75 Å². The average molecular weight is 206 g/mol. The number of benzene rings is 1. The molecule has 1 rings (SSSR count). The topological polar surface area (TPSA) is 29.5 Å². The lowest BCUT2D eigenvalue weighted by Crippen LogP contribution is -2.22. The van der Waals surface area contributed by atoms with E-state index >= 15 is 0 Å². The van der Waals surface area contributed by atoms with Gasteiger partial charge in [0.05, 0.1) is 6.10 Å². The first-order valence-corrected chi connectivity index (χ1v) is 5.02. The second-order valence-corrected chi connectivity index (χ2v) is 4.47. The van der Waals surface area contributed by atoms with Crippen LogP contribution in [0.15, 0.2) is 36.9 Å². The number of hydrogen-bond acceptors (Lipinski definition) is 2. The lowest BCUT2D eigenvalue weighted by atomic mass is 10.1. The zero-order valence-corrected chi connectivity index (χ0v) is 9.53. The summed E-state index contributed by atoms with van der Waals surface area (Å²) in [5, 5.41) is 9.58. The third kappa shape index (κ3) is 3.76. The van der Waals surface area contributed by atoms with Gasteiger partial charge < -0.3 is 9.84 Å². The van der Waals surface area contributed by atoms with E-state index in [1.807, 2.05) is 45.0 Å². The van der Waals surface area contributed by atoms with Gasteiger partial charge in [-0.25, -0.2) is 0 Å². The van der Waals surface area contributed by atoms with Crippen LogP contribution in [0.4, 0.5) is 0 Å². The van der Waals surface area contributed by atoms with Crippen molar-refractivity contribution in [3.63, 3.8) is 0 Å². The summed E-state index contributed by atoms with van der Waals surface area (Å²) in [5.41, 5.74) is 0.573. The van der Waals surface area contributed by atoms with Gasteiger partial charge in [0.25, 0.3) is 0 Å². The normalized spacial score (nSPS) is 13.3. The predicted octanol–water partition coefficient (Wildman–Crippen LogP) is 3.08. The summed E-state index contributed by atoms with van der Waals surface area (Å²) in [4.78, 5) is 0. The number of ether oxygens (including phenoxy) is 1. The molecule has 2 heteroatoms. The summed E-state index contributed by atoms with van der Waals surface area (Å²) >= 11 is 0. The summed E-state index contributed by atoms with van der Waals surface area (Å²) < 4.78 is 5.69. The first kappa shape index (κ1) is 11.8. The van der Waals surface area contributed by atoms with Gasteiger partial charge in [-0.2, -0.15) is 0 Å². The van der Waals surface area contributed by atoms with E-state index in [1.54, 1.807) is 0 Å². The number of aliphatic hydroxyl groups excluding tert-OH is 1. The van der Waals surface area contributed by atoms with Crippen molar-refractivity contribution in [2.24, 2.45) is 0 Å². The minimum Gasteiger partial charge on any atom is -0.488 e. The fourth-order valence-corrected chi connectivity index (χ4v) is 1.25. The molecular weight excluding hydrogens is 188 g/mol. The first-order chi connectivity index (χ1) is 6.92. The molecule has 0 amide bonds. The lowest BCUT2D eigenvalue weighted by molar-refractivity contribution is 0.130. The second kappa shape index (κ2) is 4.49. The molecule has 15 heavy (non-hydrogen) atoms. The van der Waals surface area contributed by atoms with E-state index in [0.29, 0.717) is 0 Å². The highest BCUT2D eigenvalue weighted by Crippen LogP contribution is 2.22. The quantitative estimate of drug-likeness (QED) is 0.770. The molecule has 2 nitrogen and oxygen atoms in total. The van der Waals surface area contributed by atoms with Crippen molar-refractivity contribution in [3.8, 4) is 5.75 Å². The van der Waals surface area contributed by atoms with Crippen LogP contribution in [0.2, 0.25) is 0 Å². The molecule has 82 valence electrons. The van der Waals surface area contributed by atoms with Crippen molar-refractivity contribution in [1.29, 1.82) is 0 Å². The van der Waals surface area contributed by atoms with Crippen molar-refractivity contribution < 1.29 is 9.84 Å². The fraction of sp³-hybridized carbons (Fsp3) is 0.385. The minimum atomic E-state index is -0.631. The highest BCUT2D eigenvalue weighted by atomic mass is 16.5. The summed E-state index contributed by atoms with van der Waals surface area (Å²) in [6, 6.07) is 7.42. The summed E-state index contributed by atoms with van der Waals surface area (Å²) in [6.07, 6.45) is 0.865. The Morgan fingerprint density at radius 2 is 2.07 bits per heavy atom. The predicted molar refractivity (Wildman–Crippen MR) is 62.0 cm³/mol. The molecule has 1 N–H and O–H groups in total. The van der Waals surface area contributed by atoms with Crippen LogP contribution in [0.3, 0.4) is 0 Å². The van der Waals surface area contributed by atoms with Crippen LogP contribution in [-0.4, -0.2) is 10.7 Å². The van der Waals surface area contributed by atoms with E-state index in [4.69, 9.17) is 4.74 Å². The molecule has 0 bridgehead atoms. The van der Waals surface area contributed by atoms with Gasteiger partial charge in [-0.05, 0) is 38.5 Å². The Hall–Kier alpha value is -1.28. The van der Waals surface area contributed by atoms with Crippen molar-refractivity contribution in [1.82, 2.24) is 0 Å². The Balaban J connectivity index is 2.88. The molecule has 0 fully saturated rings. The molecule has 0 aliphatic rings. The van der Waals surface area contributed by atoms with Crippen molar-refractivity contribution >= 4 is 0 Å². The van der Waals surface area contributed by atoms with Crippen LogP contribution in [-0.2, 0) is 0 Å². The van der Waals surface area contributed by atoms with Gasteiger partial charge in [-0.1, -0.05) is 18.2 Å². The standard InChI is InChI=1S/C13H18O2/c1-5-12(14)10-7-6-8-11(9-10)15-13(2,3)4/h5-9,12,14H,1H2,2-4H3. The SMILES string of the molecule is C=CC(O)c1cccc(OC(C)(C)C)c1. The molecule has 1 aromatic rings. The maximum absolute atomic E-state index is 9.58. The van der Waals surface area contributed by atoms with Gasteiger partial charge in [-0.3, -0.25) is 0 Å². The Kier molecular flexibility index (Phi) is 3.53. The molecule has 0 spiro atoms. The molecule has 0 aliphatic carbocycles. The molecule has 1 atom stereocenters. The highest BCUT2D eigenvalue weighted by molar-refractivity contribution is 5.31. The van der Waals surface area contributed by atoms with Gasteiger partial charge in [0.15, 0.2) is 0 Å². The molecule has 1 aromatic carbocycles. The van der Waals surface area contributed by atoms with Crippen LogP contribution >= 0.6 is 0 Å². The van der Waals surface area contributed by atoms with Gasteiger partial charge in [0, 0.05) is 0 Å². The molecule has 0 saturated heterocycles. The molecule has 0 saturated carbocycles. The molecule has 1 unspecified atom stereocenters. The van der Waals surface area contributed by atoms with Crippen molar-refractivity contribution in [2.45, 2.75) is 32.5 Å². The highest BCUT2D eigenvalue weighted by Gasteiger charge is 2.12. The first-order valence-electron chi connectivity index (χ1n) is 5.02. The molecule has 0 aromatic heterocycles. The average Bonchev–Trinajstić information content (AvgIpc) is 2.14. The van der Waals surface area contributed by atoms with Crippen molar-refractivity contribution in [2.75, 3.05) is 0 Å². The van der Waals surface area contributed by atoms with Crippen LogP contribution in [0, 0.1) is 0 Å². The number of rotatable bonds is 3. The van der Waals surface area contributed by atoms with E-state index in [0.717, 1.165) is 11.3 Å². The Morgan fingerprint density at radius 1 is 1.40 bits per heavy atom. The Morgan fingerprint density at radius 3 is 2.60 bits per heavy atom. The van der Waals surface area contributed by atoms with Crippen LogP contribution < -0.4 is 4.74 Å². The summed E-state index contributed by atoms with van der Waals surface area (Å²) in [7, 11) is 0. The number of aliphatic hydroxyl groups is 1. The summed E-state index contributed by atoms with van der Waals surface area (Å²) in [5.74, 6) is 0.765. The molecular formula is C13H18O2. The third-order valence-electron chi connectivity index (χ3n) is 1.85. The fourth-order valence-electron chi connectivity index (χ4n) is 1.25. The van der Waals surface area contributed by atoms with E-state index in [1.165, 1.54) is 6.08 Å². The zero-order valence-electron chi connectivity index (χ0n) is 9.53. The summed E-state index contributed by atoms with van der Waals surface area (Å²) in [6.45, 7) is 9.52. The second-order valence-electron chi connectivity index (χ2n) is 4.47. The number of hydrogen-bond donors (Lipinski definition) is 1. The maximum Gasteiger partial charge on any atom is 0.120 e. The van der Waals surface area contributed by atoms with Gasteiger partial charge in [0.1, 0.15) is 11.4 Å². The largest absolute Gasteiger partial charge is 0.488 e. The van der Waals surface area contributed by atoms with Gasteiger partial charge in [0.2, 0.25) is 0 Å². The van der Waals surface area contributed by atoms with Gasteiger partial charge in [-0.15, -0.1) is 6.58 Å². The zero-order chi connectivity index (χ0) is 11.5. The molecule has 0 aliphatic heterocycles. The Bertz CT molecular complexity index is 337. The molecule has 0 radical (unpaired) electrons. The van der Waals surface area contributed by atoms with E-state index in [9.17, 15) is 5.11 Å². The van der Waals surface area contributed by atoms with Crippen LogP contribution in [0.25, 0.3) is 0 Å². The Labute approximate surface area is 91.2 Å².